The molecule has 1 aromatic heterocycles. The van der Waals surface area contributed by atoms with Crippen molar-refractivity contribution in [3.8, 4) is 0 Å². The van der Waals surface area contributed by atoms with Gasteiger partial charge in [-0.05, 0) is 49.1 Å². The van der Waals surface area contributed by atoms with E-state index in [4.69, 9.17) is 0 Å². The molecule has 1 saturated heterocycles. The fourth-order valence-corrected chi connectivity index (χ4v) is 3.09. The average molecular weight is 334 g/mol. The van der Waals surface area contributed by atoms with Crippen molar-refractivity contribution in [3.05, 3.63) is 65.5 Å². The van der Waals surface area contributed by atoms with Crippen LogP contribution in [-0.4, -0.2) is 22.3 Å². The third-order valence-electron chi connectivity index (χ3n) is 4.27. The first-order valence-corrected chi connectivity index (χ1v) is 7.85. The highest BCUT2D eigenvalue weighted by molar-refractivity contribution is 5.94. The first kappa shape index (κ1) is 16.5. The molecule has 3 nitrogen and oxygen atoms in total. The molecule has 24 heavy (non-hydrogen) atoms. The lowest BCUT2D eigenvalue weighted by molar-refractivity contribution is -0.137. The predicted octanol–water partition coefficient (Wildman–Crippen LogP) is 4.47. The molecule has 0 bridgehead atoms. The number of pyridine rings is 1. The van der Waals surface area contributed by atoms with Gasteiger partial charge in [-0.25, -0.2) is 0 Å². The van der Waals surface area contributed by atoms with Gasteiger partial charge >= 0.3 is 6.18 Å². The van der Waals surface area contributed by atoms with E-state index in [2.05, 4.69) is 4.98 Å². The van der Waals surface area contributed by atoms with Gasteiger partial charge in [0, 0.05) is 24.5 Å². The van der Waals surface area contributed by atoms with Crippen LogP contribution in [-0.2, 0) is 6.18 Å². The van der Waals surface area contributed by atoms with Crippen LogP contribution < -0.4 is 0 Å². The summed E-state index contributed by atoms with van der Waals surface area (Å²) in [5.41, 5.74) is 0.182. The number of hydrogen-bond acceptors (Lipinski definition) is 2. The number of benzene rings is 1. The number of aromatic nitrogens is 1. The summed E-state index contributed by atoms with van der Waals surface area (Å²) in [6, 6.07) is 8.18. The summed E-state index contributed by atoms with van der Waals surface area (Å²) in [7, 11) is 0. The van der Waals surface area contributed by atoms with Crippen LogP contribution in [0.5, 0.6) is 0 Å². The van der Waals surface area contributed by atoms with Crippen LogP contribution in [0.25, 0.3) is 0 Å². The van der Waals surface area contributed by atoms with E-state index in [0.29, 0.717) is 6.54 Å². The first-order valence-electron chi connectivity index (χ1n) is 7.85. The maximum Gasteiger partial charge on any atom is 0.416 e. The molecule has 6 heteroatoms. The maximum atomic E-state index is 12.9. The molecule has 0 radical (unpaired) electrons. The van der Waals surface area contributed by atoms with Crippen molar-refractivity contribution in [2.24, 2.45) is 0 Å². The summed E-state index contributed by atoms with van der Waals surface area (Å²) in [5.74, 6) is -0.366. The maximum absolute atomic E-state index is 12.9. The van der Waals surface area contributed by atoms with Gasteiger partial charge in [0.15, 0.2) is 0 Å². The second-order valence-corrected chi connectivity index (χ2v) is 5.88. The van der Waals surface area contributed by atoms with Crippen molar-refractivity contribution in [2.45, 2.75) is 31.5 Å². The minimum absolute atomic E-state index is 0.0700. The quantitative estimate of drug-likeness (QED) is 0.812. The van der Waals surface area contributed by atoms with Gasteiger partial charge in [0.1, 0.15) is 0 Å². The number of amides is 1. The average Bonchev–Trinajstić information content (AvgIpc) is 2.61. The zero-order valence-electron chi connectivity index (χ0n) is 13.0. The van der Waals surface area contributed by atoms with E-state index in [-0.39, 0.29) is 17.5 Å². The molecule has 1 amide bonds. The molecule has 1 fully saturated rings. The number of rotatable bonds is 2. The number of carbonyl (C=O) groups is 1. The van der Waals surface area contributed by atoms with Crippen LogP contribution in [0.2, 0.25) is 0 Å². The smallest absolute Gasteiger partial charge is 0.332 e. The minimum atomic E-state index is -4.46. The van der Waals surface area contributed by atoms with Gasteiger partial charge in [-0.3, -0.25) is 9.78 Å². The zero-order chi connectivity index (χ0) is 17.2. The van der Waals surface area contributed by atoms with Crippen molar-refractivity contribution < 1.29 is 18.0 Å². The van der Waals surface area contributed by atoms with Gasteiger partial charge in [0.2, 0.25) is 0 Å². The largest absolute Gasteiger partial charge is 0.416 e. The number of hydrogen-bond donors (Lipinski definition) is 0. The molecular formula is C18H17F3N2O. The third-order valence-corrected chi connectivity index (χ3v) is 4.27. The molecule has 2 heterocycles. The highest BCUT2D eigenvalue weighted by atomic mass is 19.4. The summed E-state index contributed by atoms with van der Waals surface area (Å²) >= 11 is 0. The molecule has 0 saturated carbocycles. The second kappa shape index (κ2) is 6.63. The number of halogens is 3. The Labute approximate surface area is 138 Å². The van der Waals surface area contributed by atoms with Crippen LogP contribution in [0, 0.1) is 0 Å². The normalized spacial score (nSPS) is 18.5. The predicted molar refractivity (Wildman–Crippen MR) is 83.3 cm³/mol. The lowest BCUT2D eigenvalue weighted by atomic mass is 9.95. The van der Waals surface area contributed by atoms with Crippen LogP contribution in [0.1, 0.15) is 46.8 Å². The monoisotopic (exact) mass is 334 g/mol. The first-order chi connectivity index (χ1) is 11.5. The molecule has 0 aliphatic carbocycles. The fourth-order valence-electron chi connectivity index (χ4n) is 3.09. The van der Waals surface area contributed by atoms with Crippen LogP contribution >= 0.6 is 0 Å². The molecule has 0 N–H and O–H groups in total. The number of piperidine rings is 1. The molecule has 1 aromatic carbocycles. The van der Waals surface area contributed by atoms with Gasteiger partial charge in [-0.15, -0.1) is 0 Å². The number of alkyl halides is 3. The minimum Gasteiger partial charge on any atom is -0.332 e. The van der Waals surface area contributed by atoms with E-state index in [1.807, 2.05) is 6.07 Å². The second-order valence-electron chi connectivity index (χ2n) is 5.88. The SMILES string of the molecule is O=C(c1cccc(C(F)(F)F)c1)N1CCCCC1c1cccnc1. The standard InChI is InChI=1S/C18H17F3N2O/c19-18(20,21)15-7-3-5-13(11-15)17(24)23-10-2-1-8-16(23)14-6-4-9-22-12-14/h3-7,9,11-12,16H,1-2,8,10H2. The molecule has 0 spiro atoms. The van der Waals surface area contributed by atoms with E-state index in [1.165, 1.54) is 12.1 Å². The van der Waals surface area contributed by atoms with Gasteiger partial charge in [0.25, 0.3) is 5.91 Å². The number of carbonyl (C=O) groups excluding carboxylic acids is 1. The van der Waals surface area contributed by atoms with E-state index in [0.717, 1.165) is 37.0 Å². The van der Waals surface area contributed by atoms with Crippen molar-refractivity contribution in [1.29, 1.82) is 0 Å². The van der Waals surface area contributed by atoms with Crippen LogP contribution in [0.4, 0.5) is 13.2 Å². The fraction of sp³-hybridized carbons (Fsp3) is 0.333. The van der Waals surface area contributed by atoms with E-state index < -0.39 is 11.7 Å². The summed E-state index contributed by atoms with van der Waals surface area (Å²) in [6.45, 7) is 0.536. The molecule has 1 aliphatic rings. The lowest BCUT2D eigenvalue weighted by Gasteiger charge is -2.36. The Balaban J connectivity index is 1.90. The molecule has 1 atom stereocenters. The molecular weight excluding hydrogens is 317 g/mol. The summed E-state index contributed by atoms with van der Waals surface area (Å²) in [6.07, 6.45) is 1.53. The summed E-state index contributed by atoms with van der Waals surface area (Å²) < 4.78 is 38.6. The van der Waals surface area contributed by atoms with Crippen molar-refractivity contribution in [3.63, 3.8) is 0 Å². The van der Waals surface area contributed by atoms with Gasteiger partial charge in [-0.1, -0.05) is 12.1 Å². The topological polar surface area (TPSA) is 33.2 Å². The van der Waals surface area contributed by atoms with Gasteiger partial charge in [-0.2, -0.15) is 13.2 Å². The summed E-state index contributed by atoms with van der Waals surface area (Å²) in [5, 5.41) is 0. The van der Waals surface area contributed by atoms with E-state index >= 15 is 0 Å². The van der Waals surface area contributed by atoms with Crippen LogP contribution in [0.15, 0.2) is 48.8 Å². The Morgan fingerprint density at radius 2 is 2.00 bits per heavy atom. The molecule has 2 aromatic rings. The van der Waals surface area contributed by atoms with Gasteiger partial charge in [0.05, 0.1) is 11.6 Å². The lowest BCUT2D eigenvalue weighted by Crippen LogP contribution is -2.38. The molecule has 1 unspecified atom stereocenters. The van der Waals surface area contributed by atoms with Crippen molar-refractivity contribution in [1.82, 2.24) is 9.88 Å². The number of nitrogens with zero attached hydrogens (tertiary/aromatic N) is 2. The summed E-state index contributed by atoms with van der Waals surface area (Å²) in [4.78, 5) is 18.5. The molecule has 1 aliphatic heterocycles. The molecule has 126 valence electrons. The van der Waals surface area contributed by atoms with Crippen molar-refractivity contribution in [2.75, 3.05) is 6.54 Å². The van der Waals surface area contributed by atoms with Crippen LogP contribution in [0.3, 0.4) is 0 Å². The highest BCUT2D eigenvalue weighted by Gasteiger charge is 2.33. The Hall–Kier alpha value is -2.37. The highest BCUT2D eigenvalue weighted by Crippen LogP contribution is 2.33. The van der Waals surface area contributed by atoms with E-state index in [9.17, 15) is 18.0 Å². The third kappa shape index (κ3) is 3.42. The van der Waals surface area contributed by atoms with Gasteiger partial charge < -0.3 is 4.90 Å². The Morgan fingerprint density at radius 1 is 1.17 bits per heavy atom. The number of likely N-dealkylation sites (tertiary alicyclic amines) is 1. The van der Waals surface area contributed by atoms with Crippen molar-refractivity contribution >= 4 is 5.91 Å². The Bertz CT molecular complexity index is 716. The molecule has 3 rings (SSSR count). The zero-order valence-corrected chi connectivity index (χ0v) is 13.0. The van der Waals surface area contributed by atoms with E-state index in [1.54, 1.807) is 23.4 Å². The Morgan fingerprint density at radius 3 is 2.71 bits per heavy atom. The Kier molecular flexibility index (Phi) is 4.55.